The number of nitrogens with two attached hydrogens (primary N) is 1. The highest BCUT2D eigenvalue weighted by atomic mass is 16.6. The molecule has 6 nitrogen and oxygen atoms in total. The third-order valence-corrected chi connectivity index (χ3v) is 6.40. The first-order valence-corrected chi connectivity index (χ1v) is 10.4. The molecule has 0 aliphatic heterocycles. The maximum absolute atomic E-state index is 11.4. The normalized spacial score (nSPS) is 23.2. The Morgan fingerprint density at radius 1 is 1.10 bits per heavy atom. The maximum Gasteiger partial charge on any atom is 0.269 e. The van der Waals surface area contributed by atoms with Gasteiger partial charge in [-0.3, -0.25) is 10.1 Å². The molecule has 0 unspecified atom stereocenters. The number of non-ortho nitro benzene ring substituents is 1. The summed E-state index contributed by atoms with van der Waals surface area (Å²) in [6.45, 7) is 0. The zero-order chi connectivity index (χ0) is 21.1. The highest BCUT2D eigenvalue weighted by molar-refractivity contribution is 5.53. The van der Waals surface area contributed by atoms with Gasteiger partial charge in [0.2, 0.25) is 0 Å². The van der Waals surface area contributed by atoms with Gasteiger partial charge in [0.25, 0.3) is 5.69 Å². The van der Waals surface area contributed by atoms with Crippen molar-refractivity contribution in [1.29, 1.82) is 0 Å². The zero-order valence-electron chi connectivity index (χ0n) is 17.1. The van der Waals surface area contributed by atoms with E-state index in [0.717, 1.165) is 42.6 Å². The van der Waals surface area contributed by atoms with Crippen molar-refractivity contribution in [1.82, 2.24) is 0 Å². The molecular weight excluding hydrogens is 380 g/mol. The zero-order valence-corrected chi connectivity index (χ0v) is 17.1. The van der Waals surface area contributed by atoms with Crippen LogP contribution < -0.4 is 15.2 Å². The highest BCUT2D eigenvalue weighted by Crippen LogP contribution is 2.54. The van der Waals surface area contributed by atoms with E-state index in [1.807, 2.05) is 24.3 Å². The molecule has 0 radical (unpaired) electrons. The van der Waals surface area contributed by atoms with Crippen molar-refractivity contribution in [3.63, 3.8) is 0 Å². The van der Waals surface area contributed by atoms with Gasteiger partial charge in [-0.15, -0.1) is 0 Å². The Labute approximate surface area is 176 Å². The van der Waals surface area contributed by atoms with Gasteiger partial charge in [-0.25, -0.2) is 0 Å². The number of nitrogens with zero attached hydrogens (tertiary/aromatic N) is 1. The molecule has 0 aromatic heterocycles. The Kier molecular flexibility index (Phi) is 5.54. The van der Waals surface area contributed by atoms with Crippen LogP contribution >= 0.6 is 0 Å². The van der Waals surface area contributed by atoms with Crippen molar-refractivity contribution in [3.05, 3.63) is 63.7 Å². The molecule has 2 aliphatic carbocycles. The smallest absolute Gasteiger partial charge is 0.269 e. The van der Waals surface area contributed by atoms with Crippen molar-refractivity contribution in [2.75, 3.05) is 7.11 Å². The number of hydrogen-bond donors (Lipinski definition) is 1. The topological polar surface area (TPSA) is 87.6 Å². The molecule has 0 heterocycles. The Bertz CT molecular complexity index is 996. The first-order valence-electron chi connectivity index (χ1n) is 10.4. The van der Waals surface area contributed by atoms with Gasteiger partial charge in [0.05, 0.1) is 18.1 Å². The summed E-state index contributed by atoms with van der Waals surface area (Å²) in [6.07, 6.45) is 6.20. The average molecular weight is 406 g/mol. The molecule has 0 spiro atoms. The van der Waals surface area contributed by atoms with Crippen molar-refractivity contribution in [2.24, 2.45) is 11.7 Å². The summed E-state index contributed by atoms with van der Waals surface area (Å²) in [4.78, 5) is 11.0. The monoisotopic (exact) mass is 406 g/mol. The second kappa shape index (κ2) is 8.27. The summed E-state index contributed by atoms with van der Waals surface area (Å²) >= 11 is 0. The van der Waals surface area contributed by atoms with E-state index in [0.29, 0.717) is 5.75 Å². The lowest BCUT2D eigenvalue weighted by atomic mass is 9.55. The number of nitro benzene ring substituents is 1. The number of benzene rings is 2. The summed E-state index contributed by atoms with van der Waals surface area (Å²) in [5.74, 6) is 4.65. The molecular formula is C24H26N2O4. The van der Waals surface area contributed by atoms with Gasteiger partial charge in [0.15, 0.2) is 11.5 Å². The van der Waals surface area contributed by atoms with Crippen LogP contribution in [0.5, 0.6) is 11.5 Å². The number of nitro groups is 1. The molecule has 0 saturated heterocycles. The van der Waals surface area contributed by atoms with Crippen LogP contribution in [0.1, 0.15) is 49.7 Å². The third-order valence-electron chi connectivity index (χ3n) is 6.40. The molecule has 2 aromatic carbocycles. The van der Waals surface area contributed by atoms with E-state index in [1.165, 1.54) is 18.9 Å². The minimum absolute atomic E-state index is 0.0937. The van der Waals surface area contributed by atoms with E-state index in [-0.39, 0.29) is 28.0 Å². The minimum atomic E-state index is -0.361. The fourth-order valence-electron chi connectivity index (χ4n) is 4.81. The van der Waals surface area contributed by atoms with Crippen molar-refractivity contribution >= 4 is 5.69 Å². The molecule has 156 valence electrons. The molecule has 4 rings (SSSR count). The molecule has 30 heavy (non-hydrogen) atoms. The van der Waals surface area contributed by atoms with Gasteiger partial charge in [0, 0.05) is 29.5 Å². The van der Waals surface area contributed by atoms with Gasteiger partial charge in [-0.05, 0) is 61.8 Å². The third kappa shape index (κ3) is 3.68. The Morgan fingerprint density at radius 2 is 1.83 bits per heavy atom. The molecule has 2 saturated carbocycles. The molecule has 2 aromatic rings. The Morgan fingerprint density at radius 3 is 2.50 bits per heavy atom. The van der Waals surface area contributed by atoms with E-state index < -0.39 is 0 Å². The lowest BCUT2D eigenvalue weighted by molar-refractivity contribution is -0.385. The van der Waals surface area contributed by atoms with E-state index in [4.69, 9.17) is 15.2 Å². The van der Waals surface area contributed by atoms with E-state index >= 15 is 0 Å². The second-order valence-corrected chi connectivity index (χ2v) is 8.17. The summed E-state index contributed by atoms with van der Waals surface area (Å²) in [6, 6.07) is 15.4. The van der Waals surface area contributed by atoms with Crippen LogP contribution in [0.2, 0.25) is 0 Å². The van der Waals surface area contributed by atoms with Gasteiger partial charge < -0.3 is 15.2 Å². The minimum Gasteiger partial charge on any atom is -0.493 e. The number of hydrogen-bond acceptors (Lipinski definition) is 5. The van der Waals surface area contributed by atoms with Crippen LogP contribution in [0.15, 0.2) is 42.5 Å². The van der Waals surface area contributed by atoms with Crippen LogP contribution in [-0.2, 0) is 5.41 Å². The number of methoxy groups -OCH3 is 1. The van der Waals surface area contributed by atoms with Crippen molar-refractivity contribution < 1.29 is 14.4 Å². The molecule has 0 amide bonds. The predicted molar refractivity (Wildman–Crippen MR) is 114 cm³/mol. The van der Waals surface area contributed by atoms with Crippen LogP contribution in [0.3, 0.4) is 0 Å². The lowest BCUT2D eigenvalue weighted by Gasteiger charge is -2.47. The summed E-state index contributed by atoms with van der Waals surface area (Å²) in [5.41, 5.74) is 7.15. The van der Waals surface area contributed by atoms with Gasteiger partial charge >= 0.3 is 0 Å². The largest absolute Gasteiger partial charge is 0.493 e. The van der Waals surface area contributed by atoms with Gasteiger partial charge in [0.1, 0.15) is 0 Å². The molecule has 6 heteroatoms. The Balaban J connectivity index is 1.75. The van der Waals surface area contributed by atoms with E-state index in [1.54, 1.807) is 19.2 Å². The fourth-order valence-corrected chi connectivity index (χ4v) is 4.81. The first kappa shape index (κ1) is 20.1. The lowest BCUT2D eigenvalue weighted by Crippen LogP contribution is -2.42. The van der Waals surface area contributed by atoms with Crippen molar-refractivity contribution in [2.45, 2.75) is 50.0 Å². The van der Waals surface area contributed by atoms with Crippen LogP contribution in [0.4, 0.5) is 5.69 Å². The molecule has 2 N–H and O–H groups in total. The maximum atomic E-state index is 11.4. The average Bonchev–Trinajstić information content (AvgIpc) is 3.23. The standard InChI is InChI=1S/C24H26N2O4/c1-29-22-10-9-19(14-23(22)30-21-7-2-3-8-21)24(15-17(16-24)11-12-25)18-5-4-6-20(13-18)26(27)28/h4-6,9-10,13-14,17,21H,2-3,7-8,15-16,25H2,1H3. The predicted octanol–water partition coefficient (Wildman–Crippen LogP) is 4.54. The number of ether oxygens (including phenoxy) is 2. The van der Waals surface area contributed by atoms with Gasteiger partial charge in [-0.1, -0.05) is 24.1 Å². The summed E-state index contributed by atoms with van der Waals surface area (Å²) in [7, 11) is 1.64. The molecule has 2 fully saturated rings. The van der Waals surface area contributed by atoms with Gasteiger partial charge in [-0.2, -0.15) is 0 Å². The first-order chi connectivity index (χ1) is 14.6. The van der Waals surface area contributed by atoms with Crippen LogP contribution in [-0.4, -0.2) is 18.1 Å². The van der Waals surface area contributed by atoms with E-state index in [9.17, 15) is 10.1 Å². The van der Waals surface area contributed by atoms with Crippen LogP contribution in [0.25, 0.3) is 0 Å². The van der Waals surface area contributed by atoms with E-state index in [2.05, 4.69) is 12.0 Å². The highest BCUT2D eigenvalue weighted by Gasteiger charge is 2.47. The molecule has 2 aliphatic rings. The van der Waals surface area contributed by atoms with Crippen LogP contribution in [0, 0.1) is 28.0 Å². The quantitative estimate of drug-likeness (QED) is 0.329. The summed E-state index contributed by atoms with van der Waals surface area (Å²) < 4.78 is 11.8. The molecule has 0 atom stereocenters. The number of rotatable bonds is 6. The summed E-state index contributed by atoms with van der Waals surface area (Å²) in [5, 5.41) is 11.4. The fraction of sp³-hybridized carbons (Fsp3) is 0.417. The van der Waals surface area contributed by atoms with Crippen molar-refractivity contribution in [3.8, 4) is 23.5 Å². The molecule has 0 bridgehead atoms. The second-order valence-electron chi connectivity index (χ2n) is 8.17. The SMILES string of the molecule is COc1ccc(C2(c3cccc([N+](=O)[O-])c3)CC(C#CN)C2)cc1OC1CCCC1. The Hall–Kier alpha value is -3.20.